The fourth-order valence-electron chi connectivity index (χ4n) is 2.58. The van der Waals surface area contributed by atoms with Crippen molar-refractivity contribution in [1.29, 1.82) is 0 Å². The summed E-state index contributed by atoms with van der Waals surface area (Å²) in [6.45, 7) is 13.1. The lowest BCUT2D eigenvalue weighted by molar-refractivity contribution is 0.424. The molecule has 3 heteroatoms. The van der Waals surface area contributed by atoms with E-state index < -0.39 is 0 Å². The Morgan fingerprint density at radius 2 is 2.05 bits per heavy atom. The number of aromatic nitrogens is 1. The molecule has 1 heterocycles. The molecule has 0 saturated heterocycles. The number of rotatable bonds is 5. The molecule has 1 N–H and O–H groups in total. The number of nitrogens with zero attached hydrogens (tertiary/aromatic N) is 2. The minimum absolute atomic E-state index is 0.144. The van der Waals surface area contributed by atoms with Crippen molar-refractivity contribution < 1.29 is 0 Å². The summed E-state index contributed by atoms with van der Waals surface area (Å²) in [4.78, 5) is 6.98. The van der Waals surface area contributed by atoms with Crippen LogP contribution in [0.2, 0.25) is 0 Å². The maximum atomic E-state index is 4.67. The van der Waals surface area contributed by atoms with Crippen molar-refractivity contribution in [1.82, 2.24) is 10.3 Å². The van der Waals surface area contributed by atoms with Gasteiger partial charge in [0, 0.05) is 31.9 Å². The highest BCUT2D eigenvalue weighted by molar-refractivity contribution is 5.46. The van der Waals surface area contributed by atoms with Crippen molar-refractivity contribution in [3.63, 3.8) is 0 Å². The maximum absolute atomic E-state index is 4.67. The van der Waals surface area contributed by atoms with Crippen LogP contribution in [0.1, 0.15) is 45.2 Å². The van der Waals surface area contributed by atoms with Crippen molar-refractivity contribution in [2.45, 2.75) is 53.1 Å². The number of pyridine rings is 1. The van der Waals surface area contributed by atoms with Gasteiger partial charge in [-0.05, 0) is 63.1 Å². The molecule has 2 atom stereocenters. The standard InChI is InChI=1S/C17H29N3/c1-12-8-15(12)11-20(6)16-13(2)7-14(9-18-16)10-19-17(3,4)5/h7,9,12,15,19H,8,10-11H2,1-6H3. The Labute approximate surface area is 123 Å². The summed E-state index contributed by atoms with van der Waals surface area (Å²) >= 11 is 0. The highest BCUT2D eigenvalue weighted by Gasteiger charge is 2.33. The average molecular weight is 275 g/mol. The molecular weight excluding hydrogens is 246 g/mol. The van der Waals surface area contributed by atoms with E-state index in [1.165, 1.54) is 17.5 Å². The molecule has 0 aromatic carbocycles. The van der Waals surface area contributed by atoms with E-state index in [-0.39, 0.29) is 5.54 Å². The summed E-state index contributed by atoms with van der Waals surface area (Å²) in [6, 6.07) is 2.26. The molecule has 1 aromatic heterocycles. The first kappa shape index (κ1) is 15.3. The van der Waals surface area contributed by atoms with Crippen LogP contribution in [0.4, 0.5) is 5.82 Å². The Bertz CT molecular complexity index is 462. The van der Waals surface area contributed by atoms with Crippen LogP contribution in [0.5, 0.6) is 0 Å². The molecule has 1 aromatic rings. The number of hydrogen-bond donors (Lipinski definition) is 1. The number of aryl methyl sites for hydroxylation is 1. The van der Waals surface area contributed by atoms with Gasteiger partial charge >= 0.3 is 0 Å². The van der Waals surface area contributed by atoms with Gasteiger partial charge in [-0.1, -0.05) is 6.92 Å². The minimum atomic E-state index is 0.144. The van der Waals surface area contributed by atoms with E-state index in [1.807, 2.05) is 6.20 Å². The quantitative estimate of drug-likeness (QED) is 0.893. The Balaban J connectivity index is 1.98. The van der Waals surface area contributed by atoms with Crippen LogP contribution >= 0.6 is 0 Å². The molecule has 1 saturated carbocycles. The number of hydrogen-bond acceptors (Lipinski definition) is 3. The third-order valence-corrected chi connectivity index (χ3v) is 4.08. The van der Waals surface area contributed by atoms with Crippen LogP contribution < -0.4 is 10.2 Å². The third-order valence-electron chi connectivity index (χ3n) is 4.08. The van der Waals surface area contributed by atoms with Crippen LogP contribution in [0, 0.1) is 18.8 Å². The van der Waals surface area contributed by atoms with Gasteiger partial charge < -0.3 is 10.2 Å². The lowest BCUT2D eigenvalue weighted by atomic mass is 10.1. The number of nitrogens with one attached hydrogen (secondary N) is 1. The SMILES string of the molecule is Cc1cc(CNC(C)(C)C)cnc1N(C)CC1CC1C. The Morgan fingerprint density at radius 1 is 1.40 bits per heavy atom. The van der Waals surface area contributed by atoms with Crippen LogP contribution in [-0.4, -0.2) is 24.1 Å². The predicted octanol–water partition coefficient (Wildman–Crippen LogP) is 3.37. The van der Waals surface area contributed by atoms with Gasteiger partial charge in [0.05, 0.1) is 0 Å². The molecule has 20 heavy (non-hydrogen) atoms. The monoisotopic (exact) mass is 275 g/mol. The molecule has 3 nitrogen and oxygen atoms in total. The van der Waals surface area contributed by atoms with Crippen molar-refractivity contribution >= 4 is 5.82 Å². The normalized spacial score (nSPS) is 21.9. The second-order valence-electron chi connectivity index (χ2n) is 7.44. The molecule has 2 unspecified atom stereocenters. The summed E-state index contributed by atoms with van der Waals surface area (Å²) in [5.41, 5.74) is 2.68. The van der Waals surface area contributed by atoms with Crippen LogP contribution in [0.25, 0.3) is 0 Å². The summed E-state index contributed by atoms with van der Waals surface area (Å²) in [6.07, 6.45) is 3.38. The molecule has 2 rings (SSSR count). The van der Waals surface area contributed by atoms with Gasteiger partial charge in [-0.2, -0.15) is 0 Å². The number of anilines is 1. The predicted molar refractivity (Wildman–Crippen MR) is 86.1 cm³/mol. The Morgan fingerprint density at radius 3 is 2.55 bits per heavy atom. The highest BCUT2D eigenvalue weighted by atomic mass is 15.2. The topological polar surface area (TPSA) is 28.2 Å². The van der Waals surface area contributed by atoms with Gasteiger partial charge in [0.1, 0.15) is 5.82 Å². The molecular formula is C17H29N3. The fraction of sp³-hybridized carbons (Fsp3) is 0.706. The van der Waals surface area contributed by atoms with Gasteiger partial charge in [-0.25, -0.2) is 4.98 Å². The largest absolute Gasteiger partial charge is 0.359 e. The van der Waals surface area contributed by atoms with Gasteiger partial charge in [0.2, 0.25) is 0 Å². The van der Waals surface area contributed by atoms with Crippen LogP contribution in [-0.2, 0) is 6.54 Å². The lowest BCUT2D eigenvalue weighted by Crippen LogP contribution is -2.35. The second kappa shape index (κ2) is 5.72. The summed E-state index contributed by atoms with van der Waals surface area (Å²) < 4.78 is 0. The van der Waals surface area contributed by atoms with Gasteiger partial charge in [0.15, 0.2) is 0 Å². The minimum Gasteiger partial charge on any atom is -0.359 e. The van der Waals surface area contributed by atoms with Gasteiger partial charge in [0.25, 0.3) is 0 Å². The molecule has 1 aliphatic rings. The van der Waals surface area contributed by atoms with E-state index in [1.54, 1.807) is 0 Å². The van der Waals surface area contributed by atoms with E-state index in [0.29, 0.717) is 0 Å². The molecule has 0 spiro atoms. The smallest absolute Gasteiger partial charge is 0.131 e. The first-order valence-corrected chi connectivity index (χ1v) is 7.68. The van der Waals surface area contributed by atoms with Crippen LogP contribution in [0.15, 0.2) is 12.3 Å². The molecule has 1 fully saturated rings. The molecule has 112 valence electrons. The molecule has 1 aliphatic carbocycles. The molecule has 0 radical (unpaired) electrons. The zero-order valence-corrected chi connectivity index (χ0v) is 13.8. The van der Waals surface area contributed by atoms with E-state index in [9.17, 15) is 0 Å². The van der Waals surface area contributed by atoms with Crippen molar-refractivity contribution in [2.24, 2.45) is 11.8 Å². The zero-order chi connectivity index (χ0) is 14.9. The van der Waals surface area contributed by atoms with Crippen molar-refractivity contribution in [2.75, 3.05) is 18.5 Å². The zero-order valence-electron chi connectivity index (χ0n) is 13.8. The first-order valence-electron chi connectivity index (χ1n) is 7.68. The van der Waals surface area contributed by atoms with E-state index in [4.69, 9.17) is 0 Å². The van der Waals surface area contributed by atoms with E-state index in [2.05, 4.69) is 62.9 Å². The Hall–Kier alpha value is -1.09. The summed E-state index contributed by atoms with van der Waals surface area (Å²) in [5, 5.41) is 3.51. The van der Waals surface area contributed by atoms with E-state index >= 15 is 0 Å². The van der Waals surface area contributed by atoms with Gasteiger partial charge in [-0.3, -0.25) is 0 Å². The molecule has 0 aliphatic heterocycles. The van der Waals surface area contributed by atoms with Crippen molar-refractivity contribution in [3.8, 4) is 0 Å². The maximum Gasteiger partial charge on any atom is 0.131 e. The van der Waals surface area contributed by atoms with Crippen LogP contribution in [0.3, 0.4) is 0 Å². The first-order chi connectivity index (χ1) is 9.26. The summed E-state index contributed by atoms with van der Waals surface area (Å²) in [7, 11) is 2.16. The van der Waals surface area contributed by atoms with Crippen molar-refractivity contribution in [3.05, 3.63) is 23.4 Å². The lowest BCUT2D eigenvalue weighted by Gasteiger charge is -2.23. The summed E-state index contributed by atoms with van der Waals surface area (Å²) in [5.74, 6) is 2.89. The molecule has 0 amide bonds. The average Bonchev–Trinajstić information content (AvgIpc) is 3.01. The highest BCUT2D eigenvalue weighted by Crippen LogP contribution is 2.38. The molecule has 0 bridgehead atoms. The Kier molecular flexibility index (Phi) is 4.38. The van der Waals surface area contributed by atoms with Gasteiger partial charge in [-0.15, -0.1) is 0 Å². The second-order valence-corrected chi connectivity index (χ2v) is 7.44. The third kappa shape index (κ3) is 4.20. The van der Waals surface area contributed by atoms with E-state index in [0.717, 1.165) is 30.7 Å². The fourth-order valence-corrected chi connectivity index (χ4v) is 2.58.